The maximum atomic E-state index is 14.2. The van der Waals surface area contributed by atoms with E-state index in [-0.39, 0.29) is 43.0 Å². The molecular formula is C42H67NO12. The van der Waals surface area contributed by atoms with Gasteiger partial charge in [-0.2, -0.15) is 0 Å². The van der Waals surface area contributed by atoms with E-state index in [2.05, 4.69) is 6.92 Å². The Morgan fingerprint density at radius 1 is 0.891 bits per heavy atom. The molecule has 4 rings (SSSR count). The van der Waals surface area contributed by atoms with Gasteiger partial charge >= 0.3 is 5.97 Å². The summed E-state index contributed by atoms with van der Waals surface area (Å²) in [4.78, 5) is 43.1. The van der Waals surface area contributed by atoms with Crippen LogP contribution >= 0.6 is 0 Å². The van der Waals surface area contributed by atoms with Gasteiger partial charge in [0.05, 0.1) is 30.5 Å². The fraction of sp³-hybridized carbons (Fsp3) is 0.786. The molecule has 1 amide bonds. The molecule has 2 fully saturated rings. The van der Waals surface area contributed by atoms with Crippen LogP contribution < -0.4 is 0 Å². The molecule has 1 unspecified atom stereocenters. The summed E-state index contributed by atoms with van der Waals surface area (Å²) in [6.45, 7) is 11.0. The Hall–Kier alpha value is -2.49. The van der Waals surface area contributed by atoms with Gasteiger partial charge in [-0.15, -0.1) is 0 Å². The number of carbonyl (C=O) groups is 3. The van der Waals surface area contributed by atoms with Gasteiger partial charge in [-0.05, 0) is 82.6 Å². The third kappa shape index (κ3) is 10.7. The lowest BCUT2D eigenvalue weighted by Gasteiger charge is -2.49. The highest BCUT2D eigenvalue weighted by Crippen LogP contribution is 2.40. The number of fused-ring (bicyclic) bond motifs is 3. The molecule has 13 heteroatoms. The second-order valence-corrected chi connectivity index (χ2v) is 16.8. The summed E-state index contributed by atoms with van der Waals surface area (Å²) in [5.74, 6) is -6.07. The Labute approximate surface area is 327 Å². The van der Waals surface area contributed by atoms with Crippen LogP contribution in [0.4, 0.5) is 0 Å². The lowest BCUT2D eigenvalue weighted by Crippen LogP contribution is -2.65. The number of methoxy groups -OCH3 is 3. The van der Waals surface area contributed by atoms with Gasteiger partial charge in [0.1, 0.15) is 24.0 Å². The Morgan fingerprint density at radius 2 is 1.55 bits per heavy atom. The van der Waals surface area contributed by atoms with Crippen molar-refractivity contribution in [1.82, 2.24) is 4.90 Å². The maximum Gasteiger partial charge on any atom is 0.329 e. The van der Waals surface area contributed by atoms with Gasteiger partial charge in [-0.25, -0.2) is 4.79 Å². The molecule has 4 aliphatic rings. The zero-order valence-corrected chi connectivity index (χ0v) is 34.3. The summed E-state index contributed by atoms with van der Waals surface area (Å²) in [7, 11) is 4.64. The predicted octanol–water partition coefficient (Wildman–Crippen LogP) is 4.00. The van der Waals surface area contributed by atoms with E-state index in [4.69, 9.17) is 23.7 Å². The van der Waals surface area contributed by atoms with E-state index in [1.54, 1.807) is 34.1 Å². The van der Waals surface area contributed by atoms with Crippen LogP contribution in [0.1, 0.15) is 99.3 Å². The molecule has 3 heterocycles. The van der Waals surface area contributed by atoms with Gasteiger partial charge in [0.15, 0.2) is 6.10 Å². The first-order valence-electron chi connectivity index (χ1n) is 20.1. The molecule has 13 nitrogen and oxygen atoms in total. The van der Waals surface area contributed by atoms with E-state index in [0.717, 1.165) is 10.5 Å². The molecule has 0 aromatic heterocycles. The van der Waals surface area contributed by atoms with Gasteiger partial charge < -0.3 is 49.0 Å². The molecule has 0 spiro atoms. The monoisotopic (exact) mass is 777 g/mol. The first-order chi connectivity index (χ1) is 25.9. The highest BCUT2D eigenvalue weighted by molar-refractivity contribution is 5.89. The minimum Gasteiger partial charge on any atom is -0.456 e. The van der Waals surface area contributed by atoms with E-state index in [0.29, 0.717) is 44.1 Å². The number of aliphatic hydroxyl groups is 4. The Bertz CT molecular complexity index is 1410. The van der Waals surface area contributed by atoms with Crippen molar-refractivity contribution in [2.75, 3.05) is 21.3 Å². The zero-order chi connectivity index (χ0) is 40.8. The first kappa shape index (κ1) is 45.2. The predicted molar refractivity (Wildman–Crippen MR) is 204 cm³/mol. The number of ketones is 1. The van der Waals surface area contributed by atoms with Crippen molar-refractivity contribution in [3.05, 3.63) is 35.6 Å². The second-order valence-electron chi connectivity index (χ2n) is 16.8. The Kier molecular flexibility index (Phi) is 16.3. The topological polar surface area (TPSA) is 182 Å². The van der Waals surface area contributed by atoms with E-state index < -0.39 is 84.2 Å². The molecule has 55 heavy (non-hydrogen) atoms. The first-order valence-corrected chi connectivity index (χ1v) is 20.1. The average molecular weight is 778 g/mol. The van der Waals surface area contributed by atoms with Crippen molar-refractivity contribution in [3.63, 3.8) is 0 Å². The van der Waals surface area contributed by atoms with E-state index in [1.165, 1.54) is 13.3 Å². The van der Waals surface area contributed by atoms with E-state index in [9.17, 15) is 34.8 Å². The molecule has 0 aromatic rings. The van der Waals surface area contributed by atoms with Crippen LogP contribution in [0.3, 0.4) is 0 Å². The van der Waals surface area contributed by atoms with Crippen LogP contribution in [0.5, 0.6) is 0 Å². The quantitative estimate of drug-likeness (QED) is 0.233. The number of allylic oxidation sites excluding steroid dienone is 4. The highest BCUT2D eigenvalue weighted by Gasteiger charge is 2.56. The van der Waals surface area contributed by atoms with Gasteiger partial charge in [-0.3, -0.25) is 9.59 Å². The highest BCUT2D eigenvalue weighted by atomic mass is 16.7. The van der Waals surface area contributed by atoms with Gasteiger partial charge in [0.25, 0.3) is 5.91 Å². The Morgan fingerprint density at radius 3 is 2.20 bits per heavy atom. The molecular weight excluding hydrogens is 710 g/mol. The van der Waals surface area contributed by atoms with Crippen molar-refractivity contribution in [1.29, 1.82) is 0 Å². The molecule has 1 saturated carbocycles. The third-order valence-corrected chi connectivity index (χ3v) is 12.4. The van der Waals surface area contributed by atoms with Gasteiger partial charge in [0.2, 0.25) is 5.79 Å². The molecule has 1 saturated heterocycles. The van der Waals surface area contributed by atoms with Crippen molar-refractivity contribution >= 4 is 17.7 Å². The average Bonchev–Trinajstić information content (AvgIpc) is 3.15. The lowest BCUT2D eigenvalue weighted by atomic mass is 9.81. The molecule has 3 aliphatic heterocycles. The maximum absolute atomic E-state index is 14.2. The number of ether oxygens (including phenoxy) is 5. The molecule has 2 bridgehead atoms. The minimum atomic E-state index is -2.34. The zero-order valence-electron chi connectivity index (χ0n) is 34.3. The van der Waals surface area contributed by atoms with Crippen molar-refractivity contribution in [3.8, 4) is 0 Å². The number of cyclic esters (lactones) is 1. The third-order valence-electron chi connectivity index (χ3n) is 12.4. The summed E-state index contributed by atoms with van der Waals surface area (Å²) in [6.07, 6.45) is 3.59. The number of hydrogen-bond donors (Lipinski definition) is 4. The summed E-state index contributed by atoms with van der Waals surface area (Å²) in [6, 6.07) is -1.16. The van der Waals surface area contributed by atoms with Gasteiger partial charge in [-0.1, -0.05) is 51.5 Å². The summed E-state index contributed by atoms with van der Waals surface area (Å²) >= 11 is 0. The number of rotatable bonds is 5. The molecule has 312 valence electrons. The fourth-order valence-electron chi connectivity index (χ4n) is 9.00. The number of aliphatic hydroxyl groups excluding tert-OH is 3. The summed E-state index contributed by atoms with van der Waals surface area (Å²) < 4.78 is 29.7. The SMILES string of the molecule is CO[C@H]1C[C@@H](C)C/C(C)=C/[C@@H](C)C(=O)C[C@H](O)[C@@H](C)[C@@H](/C(C)=C/[C@@H]2CC[C@@H](O)[C@H](OC)C2)OC(=O)[C@@H]2CCC=CN2C(=O)C(O)[C@]2(O)O[C@H]1[C@@H](OC)C[C@H]2C. The standard InChI is InChI=1S/C42H67NO12/c1-23-16-24(2)18-35(52-8)38-36(53-9)20-27(5)42(50,55-38)39(47)40(48)43-15-11-10-12-30(43)41(49)54-37(28(6)33(46)22-32(45)25(3)17-23)26(4)19-29-13-14-31(44)34(21-29)51-7/h11,15,17,19,24-25,27-31,33-39,44,46-47,50H,10,12-14,16,18,20-22H2,1-9H3/b23-17+,26-19+/t24-,25+,27+,28+,29-,30-,31+,33-,34+,35-,36-,37+,38+,39?,42+/m0/s1. The van der Waals surface area contributed by atoms with Crippen LogP contribution in [-0.4, -0.2) is 125 Å². The number of amides is 1. The lowest BCUT2D eigenvalue weighted by molar-refractivity contribution is -0.346. The molecule has 0 radical (unpaired) electrons. The number of esters is 1. The van der Waals surface area contributed by atoms with Crippen LogP contribution in [0.2, 0.25) is 0 Å². The van der Waals surface area contributed by atoms with Gasteiger partial charge in [0, 0.05) is 51.7 Å². The van der Waals surface area contributed by atoms with Crippen LogP contribution in [0.15, 0.2) is 35.6 Å². The van der Waals surface area contributed by atoms with Crippen LogP contribution in [-0.2, 0) is 38.1 Å². The second kappa shape index (κ2) is 19.8. The molecule has 15 atom stereocenters. The van der Waals surface area contributed by atoms with Crippen LogP contribution in [0, 0.1) is 29.6 Å². The minimum absolute atomic E-state index is 0.00185. The summed E-state index contributed by atoms with van der Waals surface area (Å²) in [5, 5.41) is 45.7. The number of carbonyl (C=O) groups excluding carboxylic acids is 3. The van der Waals surface area contributed by atoms with Crippen LogP contribution in [0.25, 0.3) is 0 Å². The largest absolute Gasteiger partial charge is 0.456 e. The Balaban J connectivity index is 1.75. The van der Waals surface area contributed by atoms with Crippen molar-refractivity contribution in [2.45, 2.75) is 160 Å². The molecule has 4 N–H and O–H groups in total. The number of hydrogen-bond acceptors (Lipinski definition) is 12. The molecule has 0 aromatic carbocycles. The smallest absolute Gasteiger partial charge is 0.329 e. The fourth-order valence-corrected chi connectivity index (χ4v) is 9.00. The number of nitrogens with zero attached hydrogens (tertiary/aromatic N) is 1. The number of Topliss-reactive ketones (excluding diaryl/α,β-unsaturated/α-hetero) is 1. The normalized spacial score (nSPS) is 43.1. The van der Waals surface area contributed by atoms with Crippen molar-refractivity contribution < 1.29 is 58.5 Å². The van der Waals surface area contributed by atoms with E-state index in [1.807, 2.05) is 32.9 Å². The summed E-state index contributed by atoms with van der Waals surface area (Å²) in [5.41, 5.74) is 1.65. The van der Waals surface area contributed by atoms with E-state index >= 15 is 0 Å². The molecule has 1 aliphatic carbocycles. The van der Waals surface area contributed by atoms with Crippen molar-refractivity contribution in [2.24, 2.45) is 29.6 Å².